The Balaban J connectivity index is 1.57. The first-order chi connectivity index (χ1) is 16.0. The number of carbonyl (C=O) groups excluding carboxylic acids is 3. The van der Waals surface area contributed by atoms with Gasteiger partial charge in [-0.25, -0.2) is 14.1 Å². The SMILES string of the molecule is COc1ccc(N2C(=O)NC(=O)/C(=C\c3cccc(OCc4ccccc4F)c3)C2=O)cc1. The lowest BCUT2D eigenvalue weighted by Gasteiger charge is -2.26. The summed E-state index contributed by atoms with van der Waals surface area (Å²) in [6.45, 7) is 0.0197. The molecule has 4 amide bonds. The van der Waals surface area contributed by atoms with E-state index in [9.17, 15) is 18.8 Å². The van der Waals surface area contributed by atoms with Crippen LogP contribution in [0.5, 0.6) is 11.5 Å². The van der Waals surface area contributed by atoms with E-state index in [0.717, 1.165) is 4.90 Å². The van der Waals surface area contributed by atoms with Crippen LogP contribution in [0.4, 0.5) is 14.9 Å². The molecule has 0 aliphatic carbocycles. The Labute approximate surface area is 189 Å². The number of nitrogens with zero attached hydrogens (tertiary/aromatic N) is 1. The van der Waals surface area contributed by atoms with Crippen molar-refractivity contribution >= 4 is 29.6 Å². The lowest BCUT2D eigenvalue weighted by Crippen LogP contribution is -2.54. The molecule has 7 nitrogen and oxygen atoms in total. The van der Waals surface area contributed by atoms with Crippen LogP contribution in [0.15, 0.2) is 78.4 Å². The number of methoxy groups -OCH3 is 1. The zero-order valence-corrected chi connectivity index (χ0v) is 17.6. The van der Waals surface area contributed by atoms with Gasteiger partial charge in [0.05, 0.1) is 12.8 Å². The van der Waals surface area contributed by atoms with Crippen molar-refractivity contribution in [1.29, 1.82) is 0 Å². The number of hydrogen-bond acceptors (Lipinski definition) is 5. The number of rotatable bonds is 6. The first-order valence-corrected chi connectivity index (χ1v) is 9.98. The largest absolute Gasteiger partial charge is 0.497 e. The molecule has 1 saturated heterocycles. The van der Waals surface area contributed by atoms with E-state index in [2.05, 4.69) is 5.32 Å². The van der Waals surface area contributed by atoms with Gasteiger partial charge < -0.3 is 9.47 Å². The Morgan fingerprint density at radius 1 is 0.939 bits per heavy atom. The minimum absolute atomic E-state index is 0.0197. The van der Waals surface area contributed by atoms with Gasteiger partial charge >= 0.3 is 6.03 Å². The van der Waals surface area contributed by atoms with Crippen molar-refractivity contribution in [1.82, 2.24) is 5.32 Å². The minimum atomic E-state index is -0.839. The van der Waals surface area contributed by atoms with Crippen LogP contribution in [0.3, 0.4) is 0 Å². The summed E-state index contributed by atoms with van der Waals surface area (Å²) in [5.41, 5.74) is 0.982. The predicted octanol–water partition coefficient (Wildman–Crippen LogP) is 4.08. The molecule has 1 N–H and O–H groups in total. The van der Waals surface area contributed by atoms with Gasteiger partial charge in [0.25, 0.3) is 11.8 Å². The lowest BCUT2D eigenvalue weighted by molar-refractivity contribution is -0.122. The van der Waals surface area contributed by atoms with Crippen LogP contribution in [0.25, 0.3) is 6.08 Å². The summed E-state index contributed by atoms with van der Waals surface area (Å²) in [5.74, 6) is -0.940. The van der Waals surface area contributed by atoms with Crippen molar-refractivity contribution in [3.05, 3.63) is 95.3 Å². The van der Waals surface area contributed by atoms with E-state index in [0.29, 0.717) is 28.3 Å². The fourth-order valence-electron chi connectivity index (χ4n) is 3.26. The first-order valence-electron chi connectivity index (χ1n) is 9.98. The van der Waals surface area contributed by atoms with Crippen LogP contribution in [-0.2, 0) is 16.2 Å². The van der Waals surface area contributed by atoms with E-state index in [1.165, 1.54) is 19.3 Å². The van der Waals surface area contributed by atoms with Crippen LogP contribution in [-0.4, -0.2) is 25.0 Å². The van der Waals surface area contributed by atoms with Crippen LogP contribution in [0.1, 0.15) is 11.1 Å². The van der Waals surface area contributed by atoms with E-state index in [1.54, 1.807) is 66.7 Å². The molecule has 4 rings (SSSR count). The highest BCUT2D eigenvalue weighted by Crippen LogP contribution is 2.25. The Morgan fingerprint density at radius 2 is 1.70 bits per heavy atom. The molecular weight excluding hydrogens is 427 g/mol. The number of nitrogens with one attached hydrogen (secondary N) is 1. The number of halogens is 1. The molecule has 3 aromatic rings. The molecule has 1 aliphatic rings. The highest BCUT2D eigenvalue weighted by atomic mass is 19.1. The number of ether oxygens (including phenoxy) is 2. The summed E-state index contributed by atoms with van der Waals surface area (Å²) < 4.78 is 24.6. The molecule has 33 heavy (non-hydrogen) atoms. The summed E-state index contributed by atoms with van der Waals surface area (Å²) >= 11 is 0. The summed E-state index contributed by atoms with van der Waals surface area (Å²) in [6, 6.07) is 18.4. The molecule has 1 aliphatic heterocycles. The van der Waals surface area contributed by atoms with Gasteiger partial charge in [-0.2, -0.15) is 0 Å². The number of barbiturate groups is 1. The molecule has 0 unspecified atom stereocenters. The fraction of sp³-hybridized carbons (Fsp3) is 0.0800. The molecule has 3 aromatic carbocycles. The molecule has 166 valence electrons. The zero-order chi connectivity index (χ0) is 23.4. The van der Waals surface area contributed by atoms with Crippen molar-refractivity contribution in [2.75, 3.05) is 12.0 Å². The molecule has 1 fully saturated rings. The number of hydrogen-bond donors (Lipinski definition) is 1. The number of urea groups is 1. The summed E-state index contributed by atoms with van der Waals surface area (Å²) in [7, 11) is 1.50. The average molecular weight is 446 g/mol. The van der Waals surface area contributed by atoms with E-state index >= 15 is 0 Å². The van der Waals surface area contributed by atoms with Crippen molar-refractivity contribution in [2.24, 2.45) is 0 Å². The van der Waals surface area contributed by atoms with Gasteiger partial charge in [0, 0.05) is 5.56 Å². The van der Waals surface area contributed by atoms with E-state index < -0.39 is 17.8 Å². The molecule has 0 saturated carbocycles. The molecule has 8 heteroatoms. The van der Waals surface area contributed by atoms with Gasteiger partial charge in [0.15, 0.2) is 0 Å². The predicted molar refractivity (Wildman–Crippen MR) is 119 cm³/mol. The number of carbonyl (C=O) groups is 3. The minimum Gasteiger partial charge on any atom is -0.497 e. The Hall–Kier alpha value is -4.46. The monoisotopic (exact) mass is 446 g/mol. The van der Waals surface area contributed by atoms with E-state index in [-0.39, 0.29) is 18.0 Å². The fourth-order valence-corrected chi connectivity index (χ4v) is 3.26. The maximum atomic E-state index is 13.8. The number of imide groups is 2. The molecular formula is C25H19FN2O5. The Bertz CT molecular complexity index is 1250. The van der Waals surface area contributed by atoms with Crippen molar-refractivity contribution in [3.63, 3.8) is 0 Å². The lowest BCUT2D eigenvalue weighted by atomic mass is 10.1. The van der Waals surface area contributed by atoms with Gasteiger partial charge in [0.1, 0.15) is 29.5 Å². The summed E-state index contributed by atoms with van der Waals surface area (Å²) in [6.07, 6.45) is 1.37. The maximum absolute atomic E-state index is 13.8. The average Bonchev–Trinajstić information content (AvgIpc) is 2.82. The van der Waals surface area contributed by atoms with E-state index in [4.69, 9.17) is 9.47 Å². The molecule has 0 atom stereocenters. The van der Waals surface area contributed by atoms with E-state index in [1.807, 2.05) is 0 Å². The third-order valence-electron chi connectivity index (χ3n) is 4.95. The van der Waals surface area contributed by atoms with Crippen molar-refractivity contribution in [3.8, 4) is 11.5 Å². The zero-order valence-electron chi connectivity index (χ0n) is 17.6. The number of anilines is 1. The summed E-state index contributed by atoms with van der Waals surface area (Å²) in [5, 5.41) is 2.18. The highest BCUT2D eigenvalue weighted by Gasteiger charge is 2.36. The van der Waals surface area contributed by atoms with Gasteiger partial charge in [-0.3, -0.25) is 14.9 Å². The van der Waals surface area contributed by atoms with Crippen molar-refractivity contribution in [2.45, 2.75) is 6.61 Å². The van der Waals surface area contributed by atoms with Crippen LogP contribution < -0.4 is 19.7 Å². The van der Waals surface area contributed by atoms with Crippen LogP contribution in [0.2, 0.25) is 0 Å². The van der Waals surface area contributed by atoms with Crippen molar-refractivity contribution < 1.29 is 28.2 Å². The smallest absolute Gasteiger partial charge is 0.335 e. The third kappa shape index (κ3) is 4.74. The second-order valence-corrected chi connectivity index (χ2v) is 7.11. The quantitative estimate of drug-likeness (QED) is 0.456. The normalized spacial score (nSPS) is 14.9. The number of amides is 4. The number of benzene rings is 3. The molecule has 0 aromatic heterocycles. The Morgan fingerprint density at radius 3 is 2.42 bits per heavy atom. The van der Waals surface area contributed by atoms with Gasteiger partial charge in [-0.05, 0) is 54.1 Å². The maximum Gasteiger partial charge on any atom is 0.335 e. The second-order valence-electron chi connectivity index (χ2n) is 7.11. The van der Waals surface area contributed by atoms with Gasteiger partial charge in [-0.1, -0.05) is 30.3 Å². The summed E-state index contributed by atoms with van der Waals surface area (Å²) in [4.78, 5) is 38.6. The molecule has 0 spiro atoms. The van der Waals surface area contributed by atoms with Crippen LogP contribution in [0, 0.1) is 5.82 Å². The van der Waals surface area contributed by atoms with Gasteiger partial charge in [0.2, 0.25) is 0 Å². The molecule has 0 radical (unpaired) electrons. The third-order valence-corrected chi connectivity index (χ3v) is 4.95. The Kier molecular flexibility index (Phi) is 6.17. The molecule has 1 heterocycles. The topological polar surface area (TPSA) is 84.9 Å². The highest BCUT2D eigenvalue weighted by molar-refractivity contribution is 6.39. The standard InChI is InChI=1S/C25H19FN2O5/c1-32-19-11-9-18(10-12-19)28-24(30)21(23(29)27-25(28)31)14-16-5-4-7-20(13-16)33-15-17-6-2-3-8-22(17)26/h2-14H,15H2,1H3,(H,27,29,31)/b21-14+. The second kappa shape index (κ2) is 9.35. The van der Waals surface area contributed by atoms with Gasteiger partial charge in [-0.15, -0.1) is 0 Å². The van der Waals surface area contributed by atoms with Crippen LogP contribution >= 0.6 is 0 Å². The first kappa shape index (κ1) is 21.8. The molecule has 0 bridgehead atoms.